The van der Waals surface area contributed by atoms with Crippen molar-refractivity contribution in [2.24, 2.45) is 0 Å². The number of esters is 1. The van der Waals surface area contributed by atoms with Crippen molar-refractivity contribution >= 4 is 33.1 Å². The summed E-state index contributed by atoms with van der Waals surface area (Å²) in [6.45, 7) is 4.44. The predicted molar refractivity (Wildman–Crippen MR) is 108 cm³/mol. The SMILES string of the molecule is CCCCn1c(=O)[nH]c(=O)c2c1nc(COC(=O)c1ccc(F)cc1Br)n2CC. The second kappa shape index (κ2) is 8.73. The fourth-order valence-corrected chi connectivity index (χ4v) is 3.57. The molecule has 0 saturated heterocycles. The lowest BCUT2D eigenvalue weighted by Gasteiger charge is -2.08. The summed E-state index contributed by atoms with van der Waals surface area (Å²) in [5.41, 5.74) is -0.356. The Morgan fingerprint density at radius 2 is 2.03 bits per heavy atom. The molecule has 10 heteroatoms. The van der Waals surface area contributed by atoms with E-state index in [1.54, 1.807) is 4.57 Å². The molecule has 0 atom stereocenters. The van der Waals surface area contributed by atoms with E-state index in [2.05, 4.69) is 25.9 Å². The van der Waals surface area contributed by atoms with E-state index >= 15 is 0 Å². The third kappa shape index (κ3) is 4.16. The van der Waals surface area contributed by atoms with Gasteiger partial charge in [0.1, 0.15) is 18.2 Å². The Bertz CT molecular complexity index is 1180. The zero-order chi connectivity index (χ0) is 21.1. The van der Waals surface area contributed by atoms with Gasteiger partial charge in [-0.2, -0.15) is 0 Å². The largest absolute Gasteiger partial charge is 0.454 e. The molecule has 0 amide bonds. The molecule has 3 aromatic rings. The Labute approximate surface area is 173 Å². The van der Waals surface area contributed by atoms with Crippen LogP contribution >= 0.6 is 15.9 Å². The zero-order valence-electron chi connectivity index (χ0n) is 16.0. The van der Waals surface area contributed by atoms with E-state index in [1.165, 1.54) is 16.7 Å². The molecule has 0 fully saturated rings. The molecule has 8 nitrogen and oxygen atoms in total. The second-order valence-electron chi connectivity index (χ2n) is 6.41. The highest BCUT2D eigenvalue weighted by atomic mass is 79.9. The van der Waals surface area contributed by atoms with Gasteiger partial charge in [0.25, 0.3) is 5.56 Å². The smallest absolute Gasteiger partial charge is 0.339 e. The van der Waals surface area contributed by atoms with Gasteiger partial charge in [0, 0.05) is 17.6 Å². The van der Waals surface area contributed by atoms with Crippen LogP contribution < -0.4 is 11.2 Å². The fourth-order valence-electron chi connectivity index (χ4n) is 3.05. The number of carbonyl (C=O) groups is 1. The summed E-state index contributed by atoms with van der Waals surface area (Å²) in [7, 11) is 0. The molecule has 2 heterocycles. The molecule has 2 aromatic heterocycles. The monoisotopic (exact) mass is 466 g/mol. The summed E-state index contributed by atoms with van der Waals surface area (Å²) < 4.78 is 21.9. The molecular weight excluding hydrogens is 447 g/mol. The molecule has 29 heavy (non-hydrogen) atoms. The van der Waals surface area contributed by atoms with Crippen molar-refractivity contribution in [1.82, 2.24) is 19.1 Å². The lowest BCUT2D eigenvalue weighted by Crippen LogP contribution is -2.31. The molecule has 0 aliphatic rings. The van der Waals surface area contributed by atoms with Crippen molar-refractivity contribution in [3.05, 3.63) is 60.7 Å². The van der Waals surface area contributed by atoms with Crippen LogP contribution in [0.1, 0.15) is 42.9 Å². The van der Waals surface area contributed by atoms with E-state index in [1.807, 2.05) is 13.8 Å². The van der Waals surface area contributed by atoms with Crippen LogP contribution in [0.3, 0.4) is 0 Å². The first-order valence-corrected chi connectivity index (χ1v) is 10.0. The number of imidazole rings is 1. The number of unbranched alkanes of at least 4 members (excludes halogenated alkanes) is 1. The molecule has 1 aromatic carbocycles. The topological polar surface area (TPSA) is 99.0 Å². The number of hydrogen-bond acceptors (Lipinski definition) is 5. The van der Waals surface area contributed by atoms with Crippen molar-refractivity contribution < 1.29 is 13.9 Å². The number of carbonyl (C=O) groups excluding carboxylic acids is 1. The van der Waals surface area contributed by atoms with Gasteiger partial charge in [-0.3, -0.25) is 14.3 Å². The lowest BCUT2D eigenvalue weighted by molar-refractivity contribution is 0.0457. The Morgan fingerprint density at radius 1 is 1.28 bits per heavy atom. The average Bonchev–Trinajstić information content (AvgIpc) is 3.04. The minimum Gasteiger partial charge on any atom is -0.454 e. The molecule has 0 saturated carbocycles. The number of nitrogens with zero attached hydrogens (tertiary/aromatic N) is 3. The highest BCUT2D eigenvalue weighted by Crippen LogP contribution is 2.20. The van der Waals surface area contributed by atoms with Crippen LogP contribution in [-0.2, 0) is 24.4 Å². The number of rotatable bonds is 7. The van der Waals surface area contributed by atoms with Crippen LogP contribution in [0, 0.1) is 5.82 Å². The lowest BCUT2D eigenvalue weighted by atomic mass is 10.2. The van der Waals surface area contributed by atoms with E-state index in [0.717, 1.165) is 18.9 Å². The van der Waals surface area contributed by atoms with E-state index in [0.29, 0.717) is 18.9 Å². The van der Waals surface area contributed by atoms with E-state index < -0.39 is 23.0 Å². The summed E-state index contributed by atoms with van der Waals surface area (Å²) in [5.74, 6) is -0.801. The molecule has 0 bridgehead atoms. The fraction of sp³-hybridized carbons (Fsp3) is 0.368. The Balaban J connectivity index is 1.97. The third-order valence-electron chi connectivity index (χ3n) is 4.50. The van der Waals surface area contributed by atoms with Gasteiger partial charge in [0.2, 0.25) is 0 Å². The molecule has 1 N–H and O–H groups in total. The molecule has 0 aliphatic carbocycles. The molecule has 0 radical (unpaired) electrons. The van der Waals surface area contributed by atoms with Gasteiger partial charge in [-0.25, -0.2) is 19.0 Å². The van der Waals surface area contributed by atoms with Crippen molar-refractivity contribution in [3.63, 3.8) is 0 Å². The van der Waals surface area contributed by atoms with E-state index in [-0.39, 0.29) is 27.8 Å². The number of benzene rings is 1. The number of H-pyrrole nitrogens is 1. The molecule has 154 valence electrons. The predicted octanol–water partition coefficient (Wildman–Crippen LogP) is 2.96. The van der Waals surface area contributed by atoms with Gasteiger partial charge in [0.05, 0.1) is 5.56 Å². The van der Waals surface area contributed by atoms with Gasteiger partial charge in [0.15, 0.2) is 11.2 Å². The maximum absolute atomic E-state index is 13.2. The number of hydrogen-bond donors (Lipinski definition) is 1. The summed E-state index contributed by atoms with van der Waals surface area (Å²) in [5, 5.41) is 0. The standard InChI is InChI=1S/C19H20BrFN4O4/c1-3-5-8-25-16-15(17(26)23-19(25)28)24(4-2)14(22-16)10-29-18(27)12-7-6-11(21)9-13(12)20/h6-7,9H,3-5,8,10H2,1-2H3,(H,23,26,28). The highest BCUT2D eigenvalue weighted by Gasteiger charge is 2.19. The van der Waals surface area contributed by atoms with E-state index in [9.17, 15) is 18.8 Å². The number of aromatic amines is 1. The maximum Gasteiger partial charge on any atom is 0.339 e. The van der Waals surface area contributed by atoms with Crippen LogP contribution in [0.2, 0.25) is 0 Å². The van der Waals surface area contributed by atoms with Gasteiger partial charge < -0.3 is 9.30 Å². The summed E-state index contributed by atoms with van der Waals surface area (Å²) in [6, 6.07) is 3.65. The Morgan fingerprint density at radius 3 is 2.69 bits per heavy atom. The Kier molecular flexibility index (Phi) is 6.31. The first kappa shape index (κ1) is 21.0. The molecule has 0 spiro atoms. The van der Waals surface area contributed by atoms with Crippen molar-refractivity contribution in [3.8, 4) is 0 Å². The number of aromatic nitrogens is 4. The summed E-state index contributed by atoms with van der Waals surface area (Å²) in [4.78, 5) is 43.7. The minimum absolute atomic E-state index is 0.170. The van der Waals surface area contributed by atoms with Crippen LogP contribution in [0.5, 0.6) is 0 Å². The van der Waals surface area contributed by atoms with Crippen LogP contribution in [-0.4, -0.2) is 25.1 Å². The molecular formula is C19H20BrFN4O4. The van der Waals surface area contributed by atoms with Gasteiger partial charge in [-0.1, -0.05) is 13.3 Å². The molecule has 0 unspecified atom stereocenters. The number of halogens is 2. The third-order valence-corrected chi connectivity index (χ3v) is 5.16. The van der Waals surface area contributed by atoms with Gasteiger partial charge >= 0.3 is 11.7 Å². The first-order valence-electron chi connectivity index (χ1n) is 9.21. The molecule has 3 rings (SSSR count). The van der Waals surface area contributed by atoms with Crippen LogP contribution in [0.4, 0.5) is 4.39 Å². The summed E-state index contributed by atoms with van der Waals surface area (Å²) >= 11 is 3.14. The second-order valence-corrected chi connectivity index (χ2v) is 7.26. The Hall–Kier alpha value is -2.75. The van der Waals surface area contributed by atoms with Gasteiger partial charge in [-0.05, 0) is 47.5 Å². The zero-order valence-corrected chi connectivity index (χ0v) is 17.6. The number of fused-ring (bicyclic) bond motifs is 1. The maximum atomic E-state index is 13.2. The van der Waals surface area contributed by atoms with Crippen molar-refractivity contribution in [1.29, 1.82) is 0 Å². The number of ether oxygens (including phenoxy) is 1. The van der Waals surface area contributed by atoms with Crippen LogP contribution in [0.25, 0.3) is 11.2 Å². The van der Waals surface area contributed by atoms with Gasteiger partial charge in [-0.15, -0.1) is 0 Å². The minimum atomic E-state index is -0.663. The van der Waals surface area contributed by atoms with Crippen LogP contribution in [0.15, 0.2) is 32.3 Å². The van der Waals surface area contributed by atoms with Crippen molar-refractivity contribution in [2.45, 2.75) is 46.4 Å². The normalized spacial score (nSPS) is 11.2. The number of nitrogens with one attached hydrogen (secondary N) is 1. The highest BCUT2D eigenvalue weighted by molar-refractivity contribution is 9.10. The quantitative estimate of drug-likeness (QED) is 0.539. The summed E-state index contributed by atoms with van der Waals surface area (Å²) in [6.07, 6.45) is 1.63. The first-order chi connectivity index (χ1) is 13.9. The van der Waals surface area contributed by atoms with E-state index in [4.69, 9.17) is 4.74 Å². The molecule has 0 aliphatic heterocycles. The van der Waals surface area contributed by atoms with Crippen molar-refractivity contribution in [2.75, 3.05) is 0 Å². The number of aryl methyl sites for hydroxylation is 2. The average molecular weight is 467 g/mol.